The van der Waals surface area contributed by atoms with Crippen LogP contribution in [-0.4, -0.2) is 11.6 Å². The van der Waals surface area contributed by atoms with Crippen molar-refractivity contribution in [1.82, 2.24) is 4.98 Å². The Bertz CT molecular complexity index is 509. The second-order valence-electron chi connectivity index (χ2n) is 4.25. The first-order valence-electron chi connectivity index (χ1n) is 6.03. The molecule has 0 aliphatic heterocycles. The Labute approximate surface area is 112 Å². The fourth-order valence-electron chi connectivity index (χ4n) is 1.90. The van der Waals surface area contributed by atoms with Gasteiger partial charge in [-0.05, 0) is 36.9 Å². The topological polar surface area (TPSA) is 48.1 Å². The van der Waals surface area contributed by atoms with E-state index in [9.17, 15) is 0 Å². The molecule has 0 bridgehead atoms. The Balaban J connectivity index is 2.04. The van der Waals surface area contributed by atoms with Crippen LogP contribution in [0, 0.1) is 13.8 Å². The molecule has 0 amide bonds. The maximum atomic E-state index is 5.78. The summed E-state index contributed by atoms with van der Waals surface area (Å²) in [6.07, 6.45) is 0.913. The van der Waals surface area contributed by atoms with Gasteiger partial charge in [0, 0.05) is 29.1 Å². The van der Waals surface area contributed by atoms with Gasteiger partial charge in [-0.25, -0.2) is 4.98 Å². The van der Waals surface area contributed by atoms with Crippen LogP contribution in [0.25, 0.3) is 0 Å². The normalized spacial score (nSPS) is 10.6. The van der Waals surface area contributed by atoms with Crippen molar-refractivity contribution < 1.29 is 4.74 Å². The predicted molar refractivity (Wildman–Crippen MR) is 75.1 cm³/mol. The first kappa shape index (κ1) is 13.1. The van der Waals surface area contributed by atoms with E-state index in [-0.39, 0.29) is 0 Å². The molecule has 0 spiro atoms. The van der Waals surface area contributed by atoms with Crippen molar-refractivity contribution in [2.75, 3.05) is 6.61 Å². The highest BCUT2D eigenvalue weighted by atomic mass is 32.1. The van der Waals surface area contributed by atoms with Crippen molar-refractivity contribution in [2.45, 2.75) is 26.8 Å². The monoisotopic (exact) mass is 262 g/mol. The zero-order valence-corrected chi connectivity index (χ0v) is 11.6. The average Bonchev–Trinajstić information content (AvgIpc) is 2.81. The van der Waals surface area contributed by atoms with Gasteiger partial charge in [0.1, 0.15) is 0 Å². The minimum absolute atomic E-state index is 0.466. The standard InChI is InChI=1S/C14H18N2OS/c1-10-8-11(2)16-14(13(10)9-15)17-6-5-12-4-3-7-18-12/h3-4,7-8H,5-6,9,15H2,1-2H3. The highest BCUT2D eigenvalue weighted by Crippen LogP contribution is 2.20. The second kappa shape index (κ2) is 5.98. The van der Waals surface area contributed by atoms with Gasteiger partial charge in [-0.3, -0.25) is 0 Å². The molecule has 0 saturated carbocycles. The number of ether oxygens (including phenoxy) is 1. The summed E-state index contributed by atoms with van der Waals surface area (Å²) in [5.41, 5.74) is 8.87. The third-order valence-electron chi connectivity index (χ3n) is 2.81. The van der Waals surface area contributed by atoms with Gasteiger partial charge in [-0.2, -0.15) is 0 Å². The molecule has 2 aromatic heterocycles. The van der Waals surface area contributed by atoms with Crippen LogP contribution < -0.4 is 10.5 Å². The smallest absolute Gasteiger partial charge is 0.218 e. The lowest BCUT2D eigenvalue weighted by molar-refractivity contribution is 0.306. The number of aromatic nitrogens is 1. The van der Waals surface area contributed by atoms with Gasteiger partial charge in [0.05, 0.1) is 6.61 Å². The van der Waals surface area contributed by atoms with Gasteiger partial charge in [-0.1, -0.05) is 6.07 Å². The van der Waals surface area contributed by atoms with Gasteiger partial charge < -0.3 is 10.5 Å². The molecule has 0 unspecified atom stereocenters. The van der Waals surface area contributed by atoms with Gasteiger partial charge in [0.15, 0.2) is 0 Å². The minimum atomic E-state index is 0.466. The van der Waals surface area contributed by atoms with Crippen LogP contribution in [0.3, 0.4) is 0 Å². The van der Waals surface area contributed by atoms with Crippen molar-refractivity contribution in [3.8, 4) is 5.88 Å². The molecule has 96 valence electrons. The maximum absolute atomic E-state index is 5.78. The molecule has 0 saturated heterocycles. The Morgan fingerprint density at radius 1 is 1.39 bits per heavy atom. The highest BCUT2D eigenvalue weighted by Gasteiger charge is 2.08. The van der Waals surface area contributed by atoms with Gasteiger partial charge in [-0.15, -0.1) is 11.3 Å². The fraction of sp³-hybridized carbons (Fsp3) is 0.357. The van der Waals surface area contributed by atoms with E-state index < -0.39 is 0 Å². The van der Waals surface area contributed by atoms with E-state index in [0.717, 1.165) is 23.2 Å². The quantitative estimate of drug-likeness (QED) is 0.901. The molecule has 2 rings (SSSR count). The van der Waals surface area contributed by atoms with Gasteiger partial charge in [0.2, 0.25) is 5.88 Å². The summed E-state index contributed by atoms with van der Waals surface area (Å²) in [6, 6.07) is 6.21. The summed E-state index contributed by atoms with van der Waals surface area (Å²) in [6.45, 7) is 5.12. The summed E-state index contributed by atoms with van der Waals surface area (Å²) < 4.78 is 5.78. The number of hydrogen-bond acceptors (Lipinski definition) is 4. The lowest BCUT2D eigenvalue weighted by Gasteiger charge is -2.12. The summed E-state index contributed by atoms with van der Waals surface area (Å²) in [7, 11) is 0. The van der Waals surface area contributed by atoms with E-state index in [0.29, 0.717) is 19.0 Å². The molecule has 0 fully saturated rings. The van der Waals surface area contributed by atoms with Crippen molar-refractivity contribution in [2.24, 2.45) is 5.73 Å². The summed E-state index contributed by atoms with van der Waals surface area (Å²) >= 11 is 1.75. The molecule has 2 aromatic rings. The largest absolute Gasteiger partial charge is 0.477 e. The Kier molecular flexibility index (Phi) is 4.33. The molecule has 2 heterocycles. The number of rotatable bonds is 5. The number of nitrogens with two attached hydrogens (primary N) is 1. The zero-order valence-electron chi connectivity index (χ0n) is 10.8. The average molecular weight is 262 g/mol. The minimum Gasteiger partial charge on any atom is -0.477 e. The molecule has 0 atom stereocenters. The lowest BCUT2D eigenvalue weighted by Crippen LogP contribution is -2.09. The van der Waals surface area contributed by atoms with Crippen molar-refractivity contribution >= 4 is 11.3 Å². The van der Waals surface area contributed by atoms with Crippen LogP contribution in [0.1, 0.15) is 21.7 Å². The van der Waals surface area contributed by atoms with Crippen LogP contribution in [0.5, 0.6) is 5.88 Å². The van der Waals surface area contributed by atoms with E-state index in [1.54, 1.807) is 11.3 Å². The Morgan fingerprint density at radius 2 is 2.22 bits per heavy atom. The summed E-state index contributed by atoms with van der Waals surface area (Å²) in [5, 5.41) is 2.08. The summed E-state index contributed by atoms with van der Waals surface area (Å²) in [5.74, 6) is 0.687. The zero-order chi connectivity index (χ0) is 13.0. The van der Waals surface area contributed by atoms with Crippen molar-refractivity contribution in [3.05, 3.63) is 45.3 Å². The van der Waals surface area contributed by atoms with Gasteiger partial charge in [0.25, 0.3) is 0 Å². The first-order valence-corrected chi connectivity index (χ1v) is 6.91. The van der Waals surface area contributed by atoms with E-state index >= 15 is 0 Å². The van der Waals surface area contributed by atoms with Crippen LogP contribution in [0.2, 0.25) is 0 Å². The van der Waals surface area contributed by atoms with Crippen LogP contribution >= 0.6 is 11.3 Å². The summed E-state index contributed by atoms with van der Waals surface area (Å²) in [4.78, 5) is 5.75. The number of thiophene rings is 1. The molecule has 4 heteroatoms. The highest BCUT2D eigenvalue weighted by molar-refractivity contribution is 7.09. The fourth-order valence-corrected chi connectivity index (χ4v) is 2.59. The van der Waals surface area contributed by atoms with E-state index in [4.69, 9.17) is 10.5 Å². The molecule has 18 heavy (non-hydrogen) atoms. The number of aryl methyl sites for hydroxylation is 2. The third-order valence-corrected chi connectivity index (χ3v) is 3.75. The molecular formula is C14H18N2OS. The molecule has 0 radical (unpaired) electrons. The molecule has 3 nitrogen and oxygen atoms in total. The SMILES string of the molecule is Cc1cc(C)c(CN)c(OCCc2cccs2)n1. The molecule has 0 aromatic carbocycles. The van der Waals surface area contributed by atoms with Crippen molar-refractivity contribution in [1.29, 1.82) is 0 Å². The van der Waals surface area contributed by atoms with E-state index in [2.05, 4.69) is 22.5 Å². The predicted octanol–water partition coefficient (Wildman–Crippen LogP) is 2.84. The molecule has 0 aliphatic carbocycles. The molecule has 2 N–H and O–H groups in total. The first-order chi connectivity index (χ1) is 8.70. The lowest BCUT2D eigenvalue weighted by atomic mass is 10.1. The maximum Gasteiger partial charge on any atom is 0.218 e. The third kappa shape index (κ3) is 3.09. The number of pyridine rings is 1. The number of hydrogen-bond donors (Lipinski definition) is 1. The Morgan fingerprint density at radius 3 is 2.89 bits per heavy atom. The molecule has 0 aliphatic rings. The second-order valence-corrected chi connectivity index (χ2v) is 5.28. The number of nitrogens with zero attached hydrogens (tertiary/aromatic N) is 1. The van der Waals surface area contributed by atoms with Crippen LogP contribution in [0.15, 0.2) is 23.6 Å². The van der Waals surface area contributed by atoms with Gasteiger partial charge >= 0.3 is 0 Å². The van der Waals surface area contributed by atoms with Crippen molar-refractivity contribution in [3.63, 3.8) is 0 Å². The molecular weight excluding hydrogens is 244 g/mol. The van der Waals surface area contributed by atoms with E-state index in [1.165, 1.54) is 4.88 Å². The Hall–Kier alpha value is -1.39. The van der Waals surface area contributed by atoms with Crippen LogP contribution in [0.4, 0.5) is 0 Å². The van der Waals surface area contributed by atoms with Crippen LogP contribution in [-0.2, 0) is 13.0 Å². The van der Waals surface area contributed by atoms with E-state index in [1.807, 2.05) is 19.9 Å².